The molecule has 1 atom stereocenters. The van der Waals surface area contributed by atoms with Crippen molar-refractivity contribution in [3.8, 4) is 0 Å². The van der Waals surface area contributed by atoms with Crippen LogP contribution in [-0.4, -0.2) is 9.97 Å². The second-order valence-electron chi connectivity index (χ2n) is 4.26. The van der Waals surface area contributed by atoms with Crippen LogP contribution in [0.1, 0.15) is 29.8 Å². The molecule has 2 N–H and O–H groups in total. The predicted molar refractivity (Wildman–Crippen MR) is 76.2 cm³/mol. The van der Waals surface area contributed by atoms with Crippen LogP contribution in [0.4, 0.5) is 0 Å². The molecule has 0 aliphatic rings. The van der Waals surface area contributed by atoms with Crippen molar-refractivity contribution in [1.29, 1.82) is 0 Å². The Balaban J connectivity index is 2.08. The maximum absolute atomic E-state index is 6.17. The van der Waals surface area contributed by atoms with Gasteiger partial charge in [-0.05, 0) is 45.6 Å². The van der Waals surface area contributed by atoms with Crippen molar-refractivity contribution in [2.75, 3.05) is 0 Å². The van der Waals surface area contributed by atoms with Gasteiger partial charge in [0.15, 0.2) is 0 Å². The monoisotopic (exact) mass is 305 g/mol. The lowest BCUT2D eigenvalue weighted by Gasteiger charge is -2.11. The maximum Gasteiger partial charge on any atom is 0.0422 e. The average Bonchev–Trinajstić information content (AvgIpc) is 2.39. The summed E-state index contributed by atoms with van der Waals surface area (Å²) in [5.41, 5.74) is 9.45. The molecule has 0 aliphatic carbocycles. The Hall–Kier alpha value is -1.26. The fraction of sp³-hybridized carbons (Fsp3) is 0.286. The van der Waals surface area contributed by atoms with Gasteiger partial charge < -0.3 is 5.73 Å². The molecule has 0 saturated carbocycles. The third kappa shape index (κ3) is 3.37. The van der Waals surface area contributed by atoms with E-state index in [1.807, 2.05) is 18.3 Å². The quantitative estimate of drug-likeness (QED) is 0.944. The zero-order valence-corrected chi connectivity index (χ0v) is 11.9. The van der Waals surface area contributed by atoms with Gasteiger partial charge in [-0.1, -0.05) is 13.0 Å². The Morgan fingerprint density at radius 1 is 1.28 bits per heavy atom. The van der Waals surface area contributed by atoms with Crippen LogP contribution in [0.2, 0.25) is 0 Å². The van der Waals surface area contributed by atoms with Gasteiger partial charge in [0.1, 0.15) is 0 Å². The highest BCUT2D eigenvalue weighted by Gasteiger charge is 2.08. The van der Waals surface area contributed by atoms with E-state index in [0.717, 1.165) is 28.6 Å². The van der Waals surface area contributed by atoms with Crippen molar-refractivity contribution >= 4 is 15.9 Å². The highest BCUT2D eigenvalue weighted by molar-refractivity contribution is 9.10. The van der Waals surface area contributed by atoms with Gasteiger partial charge in [0.2, 0.25) is 0 Å². The highest BCUT2D eigenvalue weighted by atomic mass is 79.9. The van der Waals surface area contributed by atoms with Crippen LogP contribution in [-0.2, 0) is 12.8 Å². The van der Waals surface area contributed by atoms with E-state index in [-0.39, 0.29) is 6.04 Å². The lowest BCUT2D eigenvalue weighted by Crippen LogP contribution is -2.14. The van der Waals surface area contributed by atoms with E-state index < -0.39 is 0 Å². The number of rotatable bonds is 4. The van der Waals surface area contributed by atoms with Crippen LogP contribution < -0.4 is 5.73 Å². The van der Waals surface area contributed by atoms with E-state index in [1.165, 1.54) is 5.56 Å². The molecule has 2 rings (SSSR count). The number of pyridine rings is 2. The highest BCUT2D eigenvalue weighted by Crippen LogP contribution is 2.18. The van der Waals surface area contributed by atoms with Crippen LogP contribution in [0.3, 0.4) is 0 Å². The van der Waals surface area contributed by atoms with Gasteiger partial charge in [0.25, 0.3) is 0 Å². The Morgan fingerprint density at radius 3 is 2.72 bits per heavy atom. The van der Waals surface area contributed by atoms with Gasteiger partial charge in [-0.2, -0.15) is 0 Å². The van der Waals surface area contributed by atoms with Crippen LogP contribution in [0.5, 0.6) is 0 Å². The summed E-state index contributed by atoms with van der Waals surface area (Å²) in [6.07, 6.45) is 7.21. The van der Waals surface area contributed by atoms with Crippen molar-refractivity contribution in [1.82, 2.24) is 9.97 Å². The Bertz CT molecular complexity index is 511. The first-order valence-corrected chi connectivity index (χ1v) is 6.78. The van der Waals surface area contributed by atoms with E-state index >= 15 is 0 Å². The van der Waals surface area contributed by atoms with Crippen LogP contribution in [0, 0.1) is 0 Å². The van der Waals surface area contributed by atoms with Gasteiger partial charge >= 0.3 is 0 Å². The van der Waals surface area contributed by atoms with Gasteiger partial charge in [-0.15, -0.1) is 0 Å². The first-order chi connectivity index (χ1) is 8.69. The molecule has 0 saturated heterocycles. The first-order valence-electron chi connectivity index (χ1n) is 5.99. The summed E-state index contributed by atoms with van der Waals surface area (Å²) in [6.45, 7) is 2.12. The minimum absolute atomic E-state index is 0.0741. The summed E-state index contributed by atoms with van der Waals surface area (Å²) in [4.78, 5) is 8.55. The number of hydrogen-bond donors (Lipinski definition) is 1. The molecular weight excluding hydrogens is 290 g/mol. The molecule has 0 amide bonds. The molecule has 1 unspecified atom stereocenters. The number of halogens is 1. The Kier molecular flexibility index (Phi) is 4.44. The summed E-state index contributed by atoms with van der Waals surface area (Å²) < 4.78 is 0.949. The fourth-order valence-electron chi connectivity index (χ4n) is 1.76. The molecule has 2 aromatic heterocycles. The number of aryl methyl sites for hydroxylation is 1. The summed E-state index contributed by atoms with van der Waals surface area (Å²) in [7, 11) is 0. The minimum Gasteiger partial charge on any atom is -0.324 e. The molecule has 0 aliphatic heterocycles. The smallest absolute Gasteiger partial charge is 0.0422 e. The van der Waals surface area contributed by atoms with Gasteiger partial charge in [-0.25, -0.2) is 0 Å². The van der Waals surface area contributed by atoms with Gasteiger partial charge in [0.05, 0.1) is 0 Å². The normalized spacial score (nSPS) is 12.4. The lowest BCUT2D eigenvalue weighted by molar-refractivity contribution is 0.702. The number of aromatic nitrogens is 2. The second-order valence-corrected chi connectivity index (χ2v) is 5.17. The fourth-order valence-corrected chi connectivity index (χ4v) is 2.14. The van der Waals surface area contributed by atoms with E-state index in [0.29, 0.717) is 0 Å². The number of nitrogens with two attached hydrogens (primary N) is 1. The van der Waals surface area contributed by atoms with Crippen LogP contribution >= 0.6 is 15.9 Å². The second kappa shape index (κ2) is 6.07. The standard InChI is InChI=1S/C14H16BrN3/c1-2-10-3-4-13(18-7-10)6-14(16)11-5-12(15)9-17-8-11/h3-5,7-9,14H,2,6,16H2,1H3. The SMILES string of the molecule is CCc1ccc(CC(N)c2cncc(Br)c2)nc1. The van der Waals surface area contributed by atoms with Crippen molar-refractivity contribution in [3.05, 3.63) is 58.1 Å². The van der Waals surface area contributed by atoms with Crippen LogP contribution in [0.15, 0.2) is 41.3 Å². The largest absolute Gasteiger partial charge is 0.324 e. The predicted octanol–water partition coefficient (Wildman–Crippen LogP) is 3.04. The minimum atomic E-state index is -0.0741. The molecule has 2 heterocycles. The third-order valence-electron chi connectivity index (χ3n) is 2.88. The third-order valence-corrected chi connectivity index (χ3v) is 3.31. The van der Waals surface area contributed by atoms with Gasteiger partial charge in [0, 0.05) is 41.2 Å². The van der Waals surface area contributed by atoms with Crippen LogP contribution in [0.25, 0.3) is 0 Å². The summed E-state index contributed by atoms with van der Waals surface area (Å²) in [5.74, 6) is 0. The molecule has 0 aromatic carbocycles. The molecule has 0 bridgehead atoms. The summed E-state index contributed by atoms with van der Waals surface area (Å²) in [6, 6.07) is 6.08. The molecule has 4 heteroatoms. The number of nitrogens with zero attached hydrogens (tertiary/aromatic N) is 2. The van der Waals surface area contributed by atoms with Crippen molar-refractivity contribution < 1.29 is 0 Å². The topological polar surface area (TPSA) is 51.8 Å². The van der Waals surface area contributed by atoms with E-state index in [9.17, 15) is 0 Å². The molecule has 0 radical (unpaired) electrons. The molecule has 0 spiro atoms. The molecular formula is C14H16BrN3. The van der Waals surface area contributed by atoms with Crippen molar-refractivity contribution in [3.63, 3.8) is 0 Å². The molecule has 18 heavy (non-hydrogen) atoms. The summed E-state index contributed by atoms with van der Waals surface area (Å²) in [5, 5.41) is 0. The molecule has 0 fully saturated rings. The first kappa shape index (κ1) is 13.2. The summed E-state index contributed by atoms with van der Waals surface area (Å²) >= 11 is 3.40. The molecule has 3 nitrogen and oxygen atoms in total. The zero-order valence-electron chi connectivity index (χ0n) is 10.3. The van der Waals surface area contributed by atoms with E-state index in [4.69, 9.17) is 5.73 Å². The Morgan fingerprint density at radius 2 is 2.11 bits per heavy atom. The number of hydrogen-bond acceptors (Lipinski definition) is 3. The van der Waals surface area contributed by atoms with Gasteiger partial charge in [-0.3, -0.25) is 9.97 Å². The average molecular weight is 306 g/mol. The van der Waals surface area contributed by atoms with E-state index in [2.05, 4.69) is 38.9 Å². The van der Waals surface area contributed by atoms with E-state index in [1.54, 1.807) is 12.4 Å². The zero-order chi connectivity index (χ0) is 13.0. The van der Waals surface area contributed by atoms with Crippen molar-refractivity contribution in [2.24, 2.45) is 5.73 Å². The maximum atomic E-state index is 6.17. The van der Waals surface area contributed by atoms with Crippen molar-refractivity contribution in [2.45, 2.75) is 25.8 Å². The Labute approximate surface area is 116 Å². The lowest BCUT2D eigenvalue weighted by atomic mass is 10.0. The molecule has 94 valence electrons. The molecule has 2 aromatic rings.